The van der Waals surface area contributed by atoms with Crippen molar-refractivity contribution in [2.45, 2.75) is 18.9 Å². The van der Waals surface area contributed by atoms with Crippen molar-refractivity contribution in [3.8, 4) is 5.69 Å². The van der Waals surface area contributed by atoms with Gasteiger partial charge in [0.15, 0.2) is 5.96 Å². The molecule has 148 valence electrons. The van der Waals surface area contributed by atoms with E-state index in [0.29, 0.717) is 25.5 Å². The number of hydrogen-bond acceptors (Lipinski definition) is 3. The molecule has 0 fully saturated rings. The number of guanidine groups is 1. The Balaban J connectivity index is 1.34. The number of fused-ring (bicyclic) bond motifs is 1. The maximum absolute atomic E-state index is 12.0. The van der Waals surface area contributed by atoms with Gasteiger partial charge in [-0.05, 0) is 29.8 Å². The number of benzene rings is 2. The first kappa shape index (κ1) is 18.7. The average molecular weight is 388 g/mol. The summed E-state index contributed by atoms with van der Waals surface area (Å²) in [5, 5.41) is 14.1. The van der Waals surface area contributed by atoms with Crippen molar-refractivity contribution >= 4 is 17.6 Å². The van der Waals surface area contributed by atoms with Crippen molar-refractivity contribution in [3.63, 3.8) is 0 Å². The van der Waals surface area contributed by atoms with Gasteiger partial charge in [-0.3, -0.25) is 9.79 Å². The molecule has 0 saturated heterocycles. The Morgan fingerprint density at radius 2 is 1.93 bits per heavy atom. The highest BCUT2D eigenvalue weighted by Gasteiger charge is 2.24. The van der Waals surface area contributed by atoms with Crippen LogP contribution in [0.3, 0.4) is 0 Å². The van der Waals surface area contributed by atoms with E-state index in [1.807, 2.05) is 65.5 Å². The summed E-state index contributed by atoms with van der Waals surface area (Å²) < 4.78 is 1.85. The predicted molar refractivity (Wildman–Crippen MR) is 114 cm³/mol. The third-order valence-electron chi connectivity index (χ3n) is 4.95. The van der Waals surface area contributed by atoms with Gasteiger partial charge in [0.05, 0.1) is 17.9 Å². The van der Waals surface area contributed by atoms with Crippen LogP contribution in [0.2, 0.25) is 0 Å². The van der Waals surface area contributed by atoms with E-state index in [1.165, 1.54) is 0 Å². The Kier molecular flexibility index (Phi) is 5.56. The van der Waals surface area contributed by atoms with E-state index < -0.39 is 0 Å². The van der Waals surface area contributed by atoms with Crippen LogP contribution in [0.1, 0.15) is 23.6 Å². The zero-order valence-corrected chi connectivity index (χ0v) is 16.3. The van der Waals surface area contributed by atoms with Gasteiger partial charge in [0.25, 0.3) is 0 Å². The van der Waals surface area contributed by atoms with Crippen molar-refractivity contribution in [1.82, 2.24) is 20.4 Å². The monoisotopic (exact) mass is 388 g/mol. The molecule has 1 atom stereocenters. The van der Waals surface area contributed by atoms with Crippen LogP contribution in [0, 0.1) is 0 Å². The topological polar surface area (TPSA) is 83.3 Å². The van der Waals surface area contributed by atoms with Crippen LogP contribution >= 0.6 is 0 Å². The van der Waals surface area contributed by atoms with Gasteiger partial charge in [0.2, 0.25) is 5.91 Å². The molecule has 0 saturated carbocycles. The third-order valence-corrected chi connectivity index (χ3v) is 4.95. The van der Waals surface area contributed by atoms with Crippen molar-refractivity contribution in [1.29, 1.82) is 0 Å². The van der Waals surface area contributed by atoms with E-state index in [-0.39, 0.29) is 11.8 Å². The van der Waals surface area contributed by atoms with E-state index in [0.717, 1.165) is 22.6 Å². The van der Waals surface area contributed by atoms with Crippen molar-refractivity contribution in [2.24, 2.45) is 4.99 Å². The highest BCUT2D eigenvalue weighted by atomic mass is 16.1. The molecule has 29 heavy (non-hydrogen) atoms. The van der Waals surface area contributed by atoms with Crippen LogP contribution in [0.15, 0.2) is 71.9 Å². The number of carbonyl (C=O) groups is 1. The van der Waals surface area contributed by atoms with E-state index in [4.69, 9.17) is 0 Å². The molecular formula is C22H24N6O. The lowest BCUT2D eigenvalue weighted by Crippen LogP contribution is -2.40. The van der Waals surface area contributed by atoms with Crippen LogP contribution < -0.4 is 16.0 Å². The van der Waals surface area contributed by atoms with Crippen molar-refractivity contribution in [2.75, 3.05) is 18.9 Å². The maximum Gasteiger partial charge on any atom is 0.225 e. The first-order valence-corrected chi connectivity index (χ1v) is 9.66. The summed E-state index contributed by atoms with van der Waals surface area (Å²) in [6.45, 7) is 1.18. The molecule has 7 heteroatoms. The summed E-state index contributed by atoms with van der Waals surface area (Å²) in [5.74, 6) is 0.836. The molecule has 3 N–H and O–H groups in total. The number of aliphatic imine (C=N–C) groups is 1. The van der Waals surface area contributed by atoms with Gasteiger partial charge in [-0.2, -0.15) is 5.10 Å². The Hall–Kier alpha value is -3.61. The van der Waals surface area contributed by atoms with Crippen LogP contribution in [0.25, 0.3) is 5.69 Å². The SMILES string of the molecule is CN=C(NCc1ccn(-c2ccccc2)n1)NCC1CC(=O)Nc2ccccc21. The molecule has 7 nitrogen and oxygen atoms in total. The van der Waals surface area contributed by atoms with E-state index in [2.05, 4.69) is 32.1 Å². The molecule has 1 amide bonds. The van der Waals surface area contributed by atoms with Crippen molar-refractivity contribution < 1.29 is 4.79 Å². The van der Waals surface area contributed by atoms with E-state index in [9.17, 15) is 4.79 Å². The highest BCUT2D eigenvalue weighted by molar-refractivity contribution is 5.94. The lowest BCUT2D eigenvalue weighted by atomic mass is 9.90. The van der Waals surface area contributed by atoms with Gasteiger partial charge in [-0.25, -0.2) is 4.68 Å². The number of rotatable bonds is 5. The van der Waals surface area contributed by atoms with Gasteiger partial charge in [0.1, 0.15) is 0 Å². The number of anilines is 1. The second kappa shape index (κ2) is 8.60. The van der Waals surface area contributed by atoms with E-state index >= 15 is 0 Å². The molecule has 0 radical (unpaired) electrons. The number of nitrogens with one attached hydrogen (secondary N) is 3. The minimum absolute atomic E-state index is 0.0462. The van der Waals surface area contributed by atoms with Crippen LogP contribution in [-0.2, 0) is 11.3 Å². The third kappa shape index (κ3) is 4.45. The second-order valence-electron chi connectivity index (χ2n) is 6.93. The van der Waals surface area contributed by atoms with E-state index in [1.54, 1.807) is 7.05 Å². The molecule has 1 aliphatic heterocycles. The summed E-state index contributed by atoms with van der Waals surface area (Å²) in [5.41, 5.74) is 3.98. The van der Waals surface area contributed by atoms with Gasteiger partial charge in [0, 0.05) is 37.8 Å². The summed E-state index contributed by atoms with van der Waals surface area (Å²) in [7, 11) is 1.74. The first-order chi connectivity index (χ1) is 14.2. The minimum atomic E-state index is 0.0462. The fourth-order valence-corrected chi connectivity index (χ4v) is 3.48. The molecule has 3 aromatic rings. The van der Waals surface area contributed by atoms with Crippen LogP contribution in [0.5, 0.6) is 0 Å². The molecular weight excluding hydrogens is 364 g/mol. The quantitative estimate of drug-likeness (QED) is 0.464. The Labute approximate surface area is 169 Å². The molecule has 1 aliphatic rings. The maximum atomic E-state index is 12.0. The molecule has 1 aromatic heterocycles. The standard InChI is InChI=1S/C22H24N6O/c1-23-22(24-14-16-13-21(29)26-20-10-6-5-9-19(16)20)25-15-17-11-12-28(27-17)18-7-3-2-4-8-18/h2-12,16H,13-15H2,1H3,(H,26,29)(H2,23,24,25). The molecule has 0 spiro atoms. The van der Waals surface area contributed by atoms with Crippen LogP contribution in [-0.4, -0.2) is 35.2 Å². The number of amides is 1. The van der Waals surface area contributed by atoms with Gasteiger partial charge in [-0.15, -0.1) is 0 Å². The normalized spacial score (nSPS) is 16.1. The lowest BCUT2D eigenvalue weighted by molar-refractivity contribution is -0.116. The zero-order chi connectivity index (χ0) is 20.1. The number of aromatic nitrogens is 2. The number of para-hydroxylation sites is 2. The van der Waals surface area contributed by atoms with Gasteiger partial charge < -0.3 is 16.0 Å². The number of nitrogens with zero attached hydrogens (tertiary/aromatic N) is 3. The predicted octanol–water partition coefficient (Wildman–Crippen LogP) is 2.66. The molecule has 2 heterocycles. The summed E-state index contributed by atoms with van der Waals surface area (Å²) in [6.07, 6.45) is 2.41. The molecule has 2 aromatic carbocycles. The molecule has 1 unspecified atom stereocenters. The summed E-state index contributed by atoms with van der Waals surface area (Å²) >= 11 is 0. The first-order valence-electron chi connectivity index (χ1n) is 9.66. The number of hydrogen-bond donors (Lipinski definition) is 3. The average Bonchev–Trinajstić information content (AvgIpc) is 3.23. The Morgan fingerprint density at radius 3 is 2.76 bits per heavy atom. The number of carbonyl (C=O) groups excluding carboxylic acids is 1. The second-order valence-corrected chi connectivity index (χ2v) is 6.93. The zero-order valence-electron chi connectivity index (χ0n) is 16.3. The molecule has 4 rings (SSSR count). The molecule has 0 aliphatic carbocycles. The summed E-state index contributed by atoms with van der Waals surface area (Å²) in [4.78, 5) is 16.3. The summed E-state index contributed by atoms with van der Waals surface area (Å²) in [6, 6.07) is 19.9. The smallest absolute Gasteiger partial charge is 0.225 e. The highest BCUT2D eigenvalue weighted by Crippen LogP contribution is 2.31. The minimum Gasteiger partial charge on any atom is -0.356 e. The largest absolute Gasteiger partial charge is 0.356 e. The fourth-order valence-electron chi connectivity index (χ4n) is 3.48. The van der Waals surface area contributed by atoms with Crippen LogP contribution in [0.4, 0.5) is 5.69 Å². The lowest BCUT2D eigenvalue weighted by Gasteiger charge is -2.26. The van der Waals surface area contributed by atoms with Crippen molar-refractivity contribution in [3.05, 3.63) is 78.1 Å². The van der Waals surface area contributed by atoms with Gasteiger partial charge in [-0.1, -0.05) is 36.4 Å². The van der Waals surface area contributed by atoms with Gasteiger partial charge >= 0.3 is 0 Å². The Bertz CT molecular complexity index is 1010. The molecule has 0 bridgehead atoms. The Morgan fingerprint density at radius 1 is 1.14 bits per heavy atom. The fraction of sp³-hybridized carbons (Fsp3) is 0.227.